The molecule has 0 spiro atoms. The predicted octanol–water partition coefficient (Wildman–Crippen LogP) is 3.12. The van der Waals surface area contributed by atoms with Crippen molar-refractivity contribution < 1.29 is 18.7 Å². The maximum atomic E-state index is 12.8. The third-order valence-corrected chi connectivity index (χ3v) is 2.89. The first-order valence-corrected chi connectivity index (χ1v) is 6.21. The molecule has 0 bridgehead atoms. The summed E-state index contributed by atoms with van der Waals surface area (Å²) < 4.78 is 23.0. The Morgan fingerprint density at radius 3 is 2.35 bits per heavy atom. The molecule has 0 saturated carbocycles. The Labute approximate surface area is 117 Å². The predicted molar refractivity (Wildman–Crippen MR) is 72.9 cm³/mol. The first-order chi connectivity index (χ1) is 9.69. The number of rotatable bonds is 5. The van der Waals surface area contributed by atoms with Crippen LogP contribution in [0.3, 0.4) is 0 Å². The highest BCUT2D eigenvalue weighted by molar-refractivity contribution is 5.72. The molecule has 0 aromatic heterocycles. The molecule has 0 aliphatic carbocycles. The number of ether oxygens (including phenoxy) is 2. The summed E-state index contributed by atoms with van der Waals surface area (Å²) in [4.78, 5) is 11.3. The fraction of sp³-hybridized carbons (Fsp3) is 0.188. The zero-order valence-electron chi connectivity index (χ0n) is 11.1. The van der Waals surface area contributed by atoms with Gasteiger partial charge in [-0.1, -0.05) is 24.3 Å². The van der Waals surface area contributed by atoms with Crippen molar-refractivity contribution in [1.29, 1.82) is 0 Å². The van der Waals surface area contributed by atoms with Gasteiger partial charge in [-0.05, 0) is 35.4 Å². The van der Waals surface area contributed by atoms with E-state index in [1.165, 1.54) is 19.2 Å². The van der Waals surface area contributed by atoms with E-state index in [1.54, 1.807) is 12.1 Å². The zero-order valence-corrected chi connectivity index (χ0v) is 11.1. The van der Waals surface area contributed by atoms with Gasteiger partial charge < -0.3 is 9.47 Å². The van der Waals surface area contributed by atoms with Crippen LogP contribution in [0.1, 0.15) is 11.1 Å². The van der Waals surface area contributed by atoms with Crippen molar-refractivity contribution in [2.75, 3.05) is 7.11 Å². The quantitative estimate of drug-likeness (QED) is 0.786. The van der Waals surface area contributed by atoms with Crippen molar-refractivity contribution in [2.24, 2.45) is 0 Å². The van der Waals surface area contributed by atoms with Crippen LogP contribution in [-0.4, -0.2) is 13.1 Å². The van der Waals surface area contributed by atoms with Gasteiger partial charge in [-0.2, -0.15) is 0 Å². The highest BCUT2D eigenvalue weighted by atomic mass is 19.1. The van der Waals surface area contributed by atoms with Crippen LogP contribution in [0.15, 0.2) is 48.5 Å². The number of benzene rings is 2. The summed E-state index contributed by atoms with van der Waals surface area (Å²) in [5, 5.41) is 0. The summed E-state index contributed by atoms with van der Waals surface area (Å²) in [6.45, 7) is 0.318. The summed E-state index contributed by atoms with van der Waals surface area (Å²) >= 11 is 0. The van der Waals surface area contributed by atoms with Crippen molar-refractivity contribution in [3.63, 3.8) is 0 Å². The van der Waals surface area contributed by atoms with Crippen LogP contribution in [0, 0.1) is 5.82 Å². The van der Waals surface area contributed by atoms with Crippen molar-refractivity contribution in [3.05, 3.63) is 65.5 Å². The lowest BCUT2D eigenvalue weighted by Gasteiger charge is -2.10. The van der Waals surface area contributed by atoms with Gasteiger partial charge in [0.05, 0.1) is 13.5 Å². The molecule has 2 aromatic carbocycles. The van der Waals surface area contributed by atoms with Crippen LogP contribution in [-0.2, 0) is 22.6 Å². The molecule has 2 rings (SSSR count). The molecule has 0 saturated heterocycles. The fourth-order valence-electron chi connectivity index (χ4n) is 1.79. The summed E-state index contributed by atoms with van der Waals surface area (Å²) in [6, 6.07) is 13.3. The first-order valence-electron chi connectivity index (χ1n) is 6.21. The number of carbonyl (C=O) groups excluding carboxylic acids is 1. The van der Waals surface area contributed by atoms with Gasteiger partial charge in [0.25, 0.3) is 0 Å². The number of halogens is 1. The van der Waals surface area contributed by atoms with E-state index >= 15 is 0 Å². The maximum absolute atomic E-state index is 12.8. The number of hydrogen-bond donors (Lipinski definition) is 0. The fourth-order valence-corrected chi connectivity index (χ4v) is 1.79. The van der Waals surface area contributed by atoms with E-state index in [0.717, 1.165) is 11.1 Å². The van der Waals surface area contributed by atoms with E-state index in [1.807, 2.05) is 24.3 Å². The van der Waals surface area contributed by atoms with Crippen molar-refractivity contribution in [2.45, 2.75) is 13.0 Å². The average molecular weight is 274 g/mol. The summed E-state index contributed by atoms with van der Waals surface area (Å²) in [5.41, 5.74) is 1.77. The Morgan fingerprint density at radius 2 is 1.70 bits per heavy atom. The standard InChI is InChI=1S/C16H15FO3/c1-19-16(18)10-12-4-2-3-5-13(12)11-20-15-8-6-14(17)7-9-15/h2-9H,10-11H2,1H3. The third-order valence-electron chi connectivity index (χ3n) is 2.89. The van der Waals surface area contributed by atoms with Crippen molar-refractivity contribution in [3.8, 4) is 5.75 Å². The van der Waals surface area contributed by atoms with Gasteiger partial charge in [0.1, 0.15) is 18.2 Å². The van der Waals surface area contributed by atoms with E-state index in [-0.39, 0.29) is 18.2 Å². The number of hydrogen-bond acceptors (Lipinski definition) is 3. The van der Waals surface area contributed by atoms with Gasteiger partial charge in [0, 0.05) is 0 Å². The Hall–Kier alpha value is -2.36. The molecule has 0 aliphatic heterocycles. The van der Waals surface area contributed by atoms with E-state index in [2.05, 4.69) is 4.74 Å². The minimum Gasteiger partial charge on any atom is -0.489 e. The number of esters is 1. The number of methoxy groups -OCH3 is 1. The Kier molecular flexibility index (Phi) is 4.71. The molecule has 0 unspecified atom stereocenters. The molecule has 0 fully saturated rings. The second-order valence-corrected chi connectivity index (χ2v) is 4.26. The van der Waals surface area contributed by atoms with Gasteiger partial charge >= 0.3 is 5.97 Å². The lowest BCUT2D eigenvalue weighted by molar-refractivity contribution is -0.139. The Morgan fingerprint density at radius 1 is 1.05 bits per heavy atom. The molecule has 0 radical (unpaired) electrons. The molecule has 3 nitrogen and oxygen atoms in total. The van der Waals surface area contributed by atoms with E-state index < -0.39 is 0 Å². The zero-order chi connectivity index (χ0) is 14.4. The molecule has 2 aromatic rings. The lowest BCUT2D eigenvalue weighted by atomic mass is 10.1. The molecule has 0 atom stereocenters. The maximum Gasteiger partial charge on any atom is 0.309 e. The number of carbonyl (C=O) groups is 1. The van der Waals surface area contributed by atoms with Crippen LogP contribution in [0.4, 0.5) is 4.39 Å². The molecule has 0 N–H and O–H groups in total. The Bertz CT molecular complexity index is 579. The third kappa shape index (κ3) is 3.82. The van der Waals surface area contributed by atoms with Crippen molar-refractivity contribution >= 4 is 5.97 Å². The topological polar surface area (TPSA) is 35.5 Å². The smallest absolute Gasteiger partial charge is 0.309 e. The van der Waals surface area contributed by atoms with E-state index in [4.69, 9.17) is 4.74 Å². The van der Waals surface area contributed by atoms with Crippen molar-refractivity contribution in [1.82, 2.24) is 0 Å². The molecule has 20 heavy (non-hydrogen) atoms. The normalized spacial score (nSPS) is 10.1. The van der Waals surface area contributed by atoms with E-state index in [9.17, 15) is 9.18 Å². The van der Waals surface area contributed by atoms with Gasteiger partial charge in [0.15, 0.2) is 0 Å². The highest BCUT2D eigenvalue weighted by Gasteiger charge is 2.08. The molecule has 4 heteroatoms. The van der Waals surface area contributed by atoms with E-state index in [0.29, 0.717) is 12.4 Å². The lowest BCUT2D eigenvalue weighted by Crippen LogP contribution is -2.08. The minimum atomic E-state index is -0.302. The molecule has 0 amide bonds. The SMILES string of the molecule is COC(=O)Cc1ccccc1COc1ccc(F)cc1. The minimum absolute atomic E-state index is 0.208. The van der Waals surface area contributed by atoms with Gasteiger partial charge in [-0.25, -0.2) is 4.39 Å². The molecular weight excluding hydrogens is 259 g/mol. The Balaban J connectivity index is 2.05. The van der Waals surface area contributed by atoms with Gasteiger partial charge in [-0.15, -0.1) is 0 Å². The van der Waals surface area contributed by atoms with Crippen LogP contribution >= 0.6 is 0 Å². The van der Waals surface area contributed by atoms with Crippen LogP contribution in [0.2, 0.25) is 0 Å². The van der Waals surface area contributed by atoms with Gasteiger partial charge in [0.2, 0.25) is 0 Å². The molecule has 0 aliphatic rings. The molecular formula is C16H15FO3. The first kappa shape index (κ1) is 14.1. The second kappa shape index (κ2) is 6.70. The summed E-state index contributed by atoms with van der Waals surface area (Å²) in [5.74, 6) is -0.0121. The highest BCUT2D eigenvalue weighted by Crippen LogP contribution is 2.16. The van der Waals surface area contributed by atoms with Crippen LogP contribution < -0.4 is 4.74 Å². The summed E-state index contributed by atoms with van der Waals surface area (Å²) in [6.07, 6.45) is 0.208. The average Bonchev–Trinajstić information content (AvgIpc) is 2.48. The monoisotopic (exact) mass is 274 g/mol. The van der Waals surface area contributed by atoms with Crippen LogP contribution in [0.5, 0.6) is 5.75 Å². The molecule has 0 heterocycles. The second-order valence-electron chi connectivity index (χ2n) is 4.26. The van der Waals surface area contributed by atoms with Crippen LogP contribution in [0.25, 0.3) is 0 Å². The van der Waals surface area contributed by atoms with Gasteiger partial charge in [-0.3, -0.25) is 4.79 Å². The largest absolute Gasteiger partial charge is 0.489 e. The summed E-state index contributed by atoms with van der Waals surface area (Å²) in [7, 11) is 1.36. The molecule has 104 valence electrons.